The van der Waals surface area contributed by atoms with Gasteiger partial charge in [0.15, 0.2) is 11.5 Å². The third-order valence-corrected chi connectivity index (χ3v) is 5.07. The molecule has 1 amide bonds. The molecule has 1 saturated heterocycles. The van der Waals surface area contributed by atoms with E-state index in [0.29, 0.717) is 41.5 Å². The minimum absolute atomic E-state index is 0.0344. The average Bonchev–Trinajstić information content (AvgIpc) is 3.32. The van der Waals surface area contributed by atoms with Gasteiger partial charge in [-0.15, -0.1) is 0 Å². The van der Waals surface area contributed by atoms with E-state index < -0.39 is 12.1 Å². The van der Waals surface area contributed by atoms with Gasteiger partial charge in [-0.3, -0.25) is 9.59 Å². The van der Waals surface area contributed by atoms with Crippen molar-refractivity contribution in [1.29, 1.82) is 0 Å². The molecule has 0 saturated carbocycles. The normalized spacial score (nSPS) is 14.2. The summed E-state index contributed by atoms with van der Waals surface area (Å²) in [5, 5.41) is 0. The van der Waals surface area contributed by atoms with Gasteiger partial charge in [-0.2, -0.15) is 0 Å². The molecule has 1 fully saturated rings. The number of benzene rings is 2. The highest BCUT2D eigenvalue weighted by Crippen LogP contribution is 2.38. The van der Waals surface area contributed by atoms with Crippen molar-refractivity contribution >= 4 is 11.9 Å². The molecule has 2 aromatic rings. The Balaban J connectivity index is 1.80. The molecule has 1 aliphatic rings. The molecule has 0 N–H and O–H groups in total. The number of ether oxygens (including phenoxy) is 4. The summed E-state index contributed by atoms with van der Waals surface area (Å²) in [4.78, 5) is 27.5. The Kier molecular flexibility index (Phi) is 7.17. The maximum absolute atomic E-state index is 13.0. The standard InChI is InChI=1S/C23H27NO6/c1-27-18-13-16(14-19(28-2)22(18)29-3)15-20(25)30-21(17-9-5-4-6-10-17)23(26)24-11-7-8-12-24/h4-6,9-10,13-14,21H,7-8,11-12,15H2,1-3H3/t21-/m1/s1. The van der Waals surface area contributed by atoms with E-state index in [4.69, 9.17) is 18.9 Å². The summed E-state index contributed by atoms with van der Waals surface area (Å²) >= 11 is 0. The van der Waals surface area contributed by atoms with E-state index in [1.165, 1.54) is 21.3 Å². The van der Waals surface area contributed by atoms with E-state index in [9.17, 15) is 9.59 Å². The fourth-order valence-corrected chi connectivity index (χ4v) is 3.57. The van der Waals surface area contributed by atoms with Gasteiger partial charge in [-0.1, -0.05) is 30.3 Å². The second-order valence-corrected chi connectivity index (χ2v) is 7.02. The lowest BCUT2D eigenvalue weighted by atomic mass is 10.1. The molecule has 160 valence electrons. The molecular weight excluding hydrogens is 386 g/mol. The molecule has 0 spiro atoms. The Hall–Kier alpha value is -3.22. The van der Waals surface area contributed by atoms with Crippen LogP contribution in [0.4, 0.5) is 0 Å². The Morgan fingerprint density at radius 3 is 2.07 bits per heavy atom. The van der Waals surface area contributed by atoms with Gasteiger partial charge in [0.25, 0.3) is 5.91 Å². The largest absolute Gasteiger partial charge is 0.493 e. The SMILES string of the molecule is COc1cc(CC(=O)O[C@@H](C(=O)N2CCCC2)c2ccccc2)cc(OC)c1OC. The zero-order valence-corrected chi connectivity index (χ0v) is 17.6. The zero-order valence-electron chi connectivity index (χ0n) is 17.6. The van der Waals surface area contributed by atoms with Crippen molar-refractivity contribution in [2.45, 2.75) is 25.4 Å². The van der Waals surface area contributed by atoms with E-state index in [-0.39, 0.29) is 12.3 Å². The third kappa shape index (κ3) is 4.84. The van der Waals surface area contributed by atoms with E-state index >= 15 is 0 Å². The van der Waals surface area contributed by atoms with Gasteiger partial charge in [-0.25, -0.2) is 0 Å². The lowest BCUT2D eigenvalue weighted by Gasteiger charge is -2.23. The summed E-state index contributed by atoms with van der Waals surface area (Å²) in [7, 11) is 4.54. The summed E-state index contributed by atoms with van der Waals surface area (Å²) in [6.07, 6.45) is 0.936. The minimum atomic E-state index is -0.959. The van der Waals surface area contributed by atoms with Crippen LogP contribution in [0.15, 0.2) is 42.5 Å². The lowest BCUT2D eigenvalue weighted by Crippen LogP contribution is -2.35. The van der Waals surface area contributed by atoms with Gasteiger partial charge in [0.05, 0.1) is 27.8 Å². The number of carbonyl (C=O) groups is 2. The lowest BCUT2D eigenvalue weighted by molar-refractivity contribution is -0.160. The van der Waals surface area contributed by atoms with Crippen LogP contribution in [0.3, 0.4) is 0 Å². The van der Waals surface area contributed by atoms with Crippen molar-refractivity contribution in [3.05, 3.63) is 53.6 Å². The Morgan fingerprint density at radius 2 is 1.53 bits per heavy atom. The maximum Gasteiger partial charge on any atom is 0.311 e. The Morgan fingerprint density at radius 1 is 0.933 bits per heavy atom. The number of likely N-dealkylation sites (tertiary alicyclic amines) is 1. The molecule has 7 nitrogen and oxygen atoms in total. The first-order valence-corrected chi connectivity index (χ1v) is 9.89. The van der Waals surface area contributed by atoms with Crippen LogP contribution in [0.1, 0.15) is 30.1 Å². The highest BCUT2D eigenvalue weighted by atomic mass is 16.5. The number of esters is 1. The molecule has 30 heavy (non-hydrogen) atoms. The van der Waals surface area contributed by atoms with Gasteiger partial charge in [0.2, 0.25) is 11.9 Å². The number of hydrogen-bond donors (Lipinski definition) is 0. The van der Waals surface area contributed by atoms with Crippen LogP contribution in [0, 0.1) is 0 Å². The molecule has 0 aliphatic carbocycles. The predicted octanol–water partition coefficient (Wildman–Crippen LogP) is 3.16. The highest BCUT2D eigenvalue weighted by Gasteiger charge is 2.31. The monoisotopic (exact) mass is 413 g/mol. The van der Waals surface area contributed by atoms with Gasteiger partial charge in [0, 0.05) is 18.7 Å². The molecule has 1 atom stereocenters. The molecule has 2 aromatic carbocycles. The van der Waals surface area contributed by atoms with Crippen LogP contribution in [0.25, 0.3) is 0 Å². The second-order valence-electron chi connectivity index (χ2n) is 7.02. The van der Waals surface area contributed by atoms with Gasteiger partial charge in [0.1, 0.15) is 0 Å². The quantitative estimate of drug-likeness (QED) is 0.619. The second kappa shape index (κ2) is 10.0. The first kappa shape index (κ1) is 21.5. The van der Waals surface area contributed by atoms with Crippen LogP contribution < -0.4 is 14.2 Å². The number of nitrogens with zero attached hydrogens (tertiary/aromatic N) is 1. The molecule has 1 aliphatic heterocycles. The van der Waals surface area contributed by atoms with E-state index in [1.54, 1.807) is 29.2 Å². The highest BCUT2D eigenvalue weighted by molar-refractivity contribution is 5.85. The Bertz CT molecular complexity index is 852. The minimum Gasteiger partial charge on any atom is -0.493 e. The summed E-state index contributed by atoms with van der Waals surface area (Å²) in [5.41, 5.74) is 1.29. The van der Waals surface area contributed by atoms with E-state index in [1.807, 2.05) is 18.2 Å². The van der Waals surface area contributed by atoms with Crippen LogP contribution in [0.5, 0.6) is 17.2 Å². The molecule has 0 aromatic heterocycles. The van der Waals surface area contributed by atoms with Gasteiger partial charge < -0.3 is 23.8 Å². The molecule has 1 heterocycles. The smallest absolute Gasteiger partial charge is 0.311 e. The van der Waals surface area contributed by atoms with Gasteiger partial charge >= 0.3 is 5.97 Å². The van der Waals surface area contributed by atoms with E-state index in [2.05, 4.69) is 0 Å². The first-order chi connectivity index (χ1) is 14.6. The van der Waals surface area contributed by atoms with Crippen LogP contribution >= 0.6 is 0 Å². The maximum atomic E-state index is 13.0. The number of hydrogen-bond acceptors (Lipinski definition) is 6. The predicted molar refractivity (Wildman–Crippen MR) is 111 cm³/mol. The molecule has 0 bridgehead atoms. The van der Waals surface area contributed by atoms with Crippen LogP contribution in [-0.2, 0) is 20.7 Å². The van der Waals surface area contributed by atoms with Crippen molar-refractivity contribution in [2.75, 3.05) is 34.4 Å². The average molecular weight is 413 g/mol. The number of rotatable bonds is 8. The molecule has 0 unspecified atom stereocenters. The summed E-state index contributed by atoms with van der Waals surface area (Å²) in [6.45, 7) is 1.37. The fourth-order valence-electron chi connectivity index (χ4n) is 3.57. The summed E-state index contributed by atoms with van der Waals surface area (Å²) in [5.74, 6) is 0.658. The number of carbonyl (C=O) groups excluding carboxylic acids is 2. The van der Waals surface area contributed by atoms with Gasteiger partial charge in [-0.05, 0) is 30.5 Å². The zero-order chi connectivity index (χ0) is 21.5. The summed E-state index contributed by atoms with van der Waals surface area (Å²) in [6, 6.07) is 12.5. The summed E-state index contributed by atoms with van der Waals surface area (Å²) < 4.78 is 21.7. The molecular formula is C23H27NO6. The number of amides is 1. The fraction of sp³-hybridized carbons (Fsp3) is 0.391. The number of methoxy groups -OCH3 is 3. The molecule has 0 radical (unpaired) electrons. The Labute approximate surface area is 176 Å². The van der Waals surface area contributed by atoms with Crippen molar-refractivity contribution in [1.82, 2.24) is 4.90 Å². The first-order valence-electron chi connectivity index (χ1n) is 9.89. The van der Waals surface area contributed by atoms with Crippen molar-refractivity contribution in [3.8, 4) is 17.2 Å². The van der Waals surface area contributed by atoms with Crippen molar-refractivity contribution in [3.63, 3.8) is 0 Å². The van der Waals surface area contributed by atoms with Crippen molar-refractivity contribution in [2.24, 2.45) is 0 Å². The topological polar surface area (TPSA) is 74.3 Å². The van der Waals surface area contributed by atoms with Crippen LogP contribution in [0.2, 0.25) is 0 Å². The molecule has 7 heteroatoms. The van der Waals surface area contributed by atoms with E-state index in [0.717, 1.165) is 12.8 Å². The third-order valence-electron chi connectivity index (χ3n) is 5.07. The molecule has 3 rings (SSSR count). The van der Waals surface area contributed by atoms with Crippen LogP contribution in [-0.4, -0.2) is 51.2 Å². The van der Waals surface area contributed by atoms with Crippen molar-refractivity contribution < 1.29 is 28.5 Å².